The molecule has 0 unspecified atom stereocenters. The van der Waals surface area contributed by atoms with Crippen LogP contribution in [0.1, 0.15) is 27.3 Å². The minimum absolute atomic E-state index is 0.0373. The number of benzene rings is 2. The van der Waals surface area contributed by atoms with Gasteiger partial charge in [-0.15, -0.1) is 5.10 Å². The zero-order valence-corrected chi connectivity index (χ0v) is 16.3. The average molecular weight is 445 g/mol. The summed E-state index contributed by atoms with van der Waals surface area (Å²) in [5, 5.41) is 13.4. The molecule has 0 aliphatic rings. The Morgan fingerprint density at radius 3 is 2.41 bits per heavy atom. The van der Waals surface area contributed by atoms with E-state index in [2.05, 4.69) is 25.7 Å². The smallest absolute Gasteiger partial charge is 0.346 e. The zero-order chi connectivity index (χ0) is 22.7. The number of carbonyl (C=O) groups excluding carboxylic acids is 1. The number of halogens is 4. The van der Waals surface area contributed by atoms with E-state index in [0.717, 1.165) is 29.8 Å². The Morgan fingerprint density at radius 1 is 1.03 bits per heavy atom. The summed E-state index contributed by atoms with van der Waals surface area (Å²) in [7, 11) is 0. The third-order valence-electron chi connectivity index (χ3n) is 4.58. The lowest BCUT2D eigenvalue weighted by molar-refractivity contribution is -0.143. The van der Waals surface area contributed by atoms with Gasteiger partial charge >= 0.3 is 6.18 Å². The van der Waals surface area contributed by atoms with Crippen molar-refractivity contribution in [3.8, 4) is 5.69 Å². The molecule has 164 valence electrons. The fourth-order valence-corrected chi connectivity index (χ4v) is 3.08. The van der Waals surface area contributed by atoms with Gasteiger partial charge < -0.3 is 5.32 Å². The minimum Gasteiger partial charge on any atom is -0.346 e. The molecule has 32 heavy (non-hydrogen) atoms. The largest absolute Gasteiger partial charge is 0.435 e. The van der Waals surface area contributed by atoms with Gasteiger partial charge in [-0.3, -0.25) is 4.79 Å². The fraction of sp³-hybridized carbons (Fsp3) is 0.150. The van der Waals surface area contributed by atoms with Crippen molar-refractivity contribution in [2.75, 3.05) is 0 Å². The lowest BCUT2D eigenvalue weighted by Crippen LogP contribution is -2.27. The molecule has 2 aromatic carbocycles. The molecule has 2 aromatic heterocycles. The second kappa shape index (κ2) is 8.57. The molecule has 0 radical (unpaired) electrons. The lowest BCUT2D eigenvalue weighted by Gasteiger charge is -2.12. The second-order valence-electron chi connectivity index (χ2n) is 6.72. The first-order valence-corrected chi connectivity index (χ1v) is 9.29. The van der Waals surface area contributed by atoms with Gasteiger partial charge in [-0.1, -0.05) is 29.5 Å². The lowest BCUT2D eigenvalue weighted by atomic mass is 10.1. The van der Waals surface area contributed by atoms with E-state index >= 15 is 0 Å². The van der Waals surface area contributed by atoms with Crippen LogP contribution >= 0.6 is 0 Å². The van der Waals surface area contributed by atoms with Crippen LogP contribution in [0.3, 0.4) is 0 Å². The highest BCUT2D eigenvalue weighted by Crippen LogP contribution is 2.32. The fourth-order valence-electron chi connectivity index (χ4n) is 3.08. The van der Waals surface area contributed by atoms with Crippen LogP contribution in [0.15, 0.2) is 61.2 Å². The summed E-state index contributed by atoms with van der Waals surface area (Å²) < 4.78 is 56.4. The summed E-state index contributed by atoms with van der Waals surface area (Å²) in [6.45, 7) is 0.338. The maximum Gasteiger partial charge on any atom is 0.435 e. The van der Waals surface area contributed by atoms with Crippen LogP contribution in [-0.2, 0) is 19.3 Å². The number of amides is 1. The number of rotatable bonds is 6. The normalized spacial score (nSPS) is 11.5. The Balaban J connectivity index is 1.58. The average Bonchev–Trinajstić information content (AvgIpc) is 3.43. The Hall–Kier alpha value is -4.09. The van der Waals surface area contributed by atoms with Crippen molar-refractivity contribution in [3.63, 3.8) is 0 Å². The van der Waals surface area contributed by atoms with Crippen molar-refractivity contribution in [2.45, 2.75) is 19.3 Å². The van der Waals surface area contributed by atoms with Gasteiger partial charge in [0, 0.05) is 6.54 Å². The molecule has 0 spiro atoms. The van der Waals surface area contributed by atoms with Crippen LogP contribution in [0.5, 0.6) is 0 Å². The van der Waals surface area contributed by atoms with Gasteiger partial charge in [-0.05, 0) is 35.4 Å². The topological polar surface area (TPSA) is 90.5 Å². The van der Waals surface area contributed by atoms with E-state index in [4.69, 9.17) is 0 Å². The van der Waals surface area contributed by atoms with Crippen LogP contribution < -0.4 is 5.32 Å². The third kappa shape index (κ3) is 4.48. The highest BCUT2D eigenvalue weighted by atomic mass is 19.4. The highest BCUT2D eigenvalue weighted by molar-refractivity contribution is 5.93. The van der Waals surface area contributed by atoms with Crippen molar-refractivity contribution < 1.29 is 22.4 Å². The molecule has 0 saturated carbocycles. The standard InChI is InChI=1S/C20H15F4N7O/c21-15-5-7-16(8-6-15)31-18(20(22,23)24)17(28-29-31)19(32)26-9-13-3-1-2-4-14(13)10-30-12-25-11-27-30/h1-8,11-12H,9-10H2,(H,26,32). The van der Waals surface area contributed by atoms with Gasteiger partial charge in [0.1, 0.15) is 18.5 Å². The zero-order valence-electron chi connectivity index (χ0n) is 16.3. The summed E-state index contributed by atoms with van der Waals surface area (Å²) in [4.78, 5) is 16.5. The van der Waals surface area contributed by atoms with Crippen molar-refractivity contribution in [1.82, 2.24) is 35.1 Å². The first-order chi connectivity index (χ1) is 15.3. The molecule has 8 nitrogen and oxygen atoms in total. The molecular formula is C20H15F4N7O. The van der Waals surface area contributed by atoms with E-state index in [1.807, 2.05) is 6.07 Å². The van der Waals surface area contributed by atoms with Gasteiger partial charge in [-0.25, -0.2) is 18.7 Å². The summed E-state index contributed by atoms with van der Waals surface area (Å²) in [6.07, 6.45) is -2.01. The van der Waals surface area contributed by atoms with Crippen LogP contribution in [0.2, 0.25) is 0 Å². The first-order valence-electron chi connectivity index (χ1n) is 9.29. The molecule has 0 atom stereocenters. The molecule has 1 amide bonds. The Kier molecular flexibility index (Phi) is 5.67. The van der Waals surface area contributed by atoms with Crippen molar-refractivity contribution >= 4 is 5.91 Å². The number of alkyl halides is 3. The molecule has 0 saturated heterocycles. The van der Waals surface area contributed by atoms with Gasteiger partial charge in [0.05, 0.1) is 12.2 Å². The van der Waals surface area contributed by atoms with E-state index < -0.39 is 29.3 Å². The number of nitrogens with zero attached hydrogens (tertiary/aromatic N) is 6. The number of nitrogens with one attached hydrogen (secondary N) is 1. The maximum atomic E-state index is 13.7. The molecule has 4 aromatic rings. The van der Waals surface area contributed by atoms with E-state index in [1.165, 1.54) is 12.7 Å². The number of aromatic nitrogens is 6. The molecule has 1 N–H and O–H groups in total. The Morgan fingerprint density at radius 2 is 1.75 bits per heavy atom. The summed E-state index contributed by atoms with van der Waals surface area (Å²) in [6, 6.07) is 11.3. The predicted molar refractivity (Wildman–Crippen MR) is 103 cm³/mol. The van der Waals surface area contributed by atoms with Gasteiger partial charge in [-0.2, -0.15) is 18.3 Å². The maximum absolute atomic E-state index is 13.7. The summed E-state index contributed by atoms with van der Waals surface area (Å²) in [5.41, 5.74) is -0.809. The predicted octanol–water partition coefficient (Wildman–Crippen LogP) is 3.00. The molecule has 0 aliphatic heterocycles. The van der Waals surface area contributed by atoms with Crippen LogP contribution in [-0.4, -0.2) is 35.7 Å². The molecule has 12 heteroatoms. The highest BCUT2D eigenvalue weighted by Gasteiger charge is 2.42. The molecule has 4 rings (SSSR count). The quantitative estimate of drug-likeness (QED) is 0.461. The van der Waals surface area contributed by atoms with Crippen LogP contribution in [0.4, 0.5) is 17.6 Å². The molecular weight excluding hydrogens is 430 g/mol. The molecule has 0 fully saturated rings. The van der Waals surface area contributed by atoms with Crippen molar-refractivity contribution in [2.24, 2.45) is 0 Å². The molecule has 0 bridgehead atoms. The SMILES string of the molecule is O=C(NCc1ccccc1Cn1cncn1)c1nnn(-c2ccc(F)cc2)c1C(F)(F)F. The second-order valence-corrected chi connectivity index (χ2v) is 6.72. The summed E-state index contributed by atoms with van der Waals surface area (Å²) >= 11 is 0. The Labute approximate surface area is 178 Å². The van der Waals surface area contributed by atoms with E-state index in [0.29, 0.717) is 16.8 Å². The monoisotopic (exact) mass is 445 g/mol. The minimum atomic E-state index is -4.92. The molecule has 0 aliphatic carbocycles. The number of carbonyl (C=O) groups is 1. The first kappa shape index (κ1) is 21.2. The van der Waals surface area contributed by atoms with E-state index in [1.54, 1.807) is 22.9 Å². The van der Waals surface area contributed by atoms with Gasteiger partial charge in [0.2, 0.25) is 0 Å². The van der Waals surface area contributed by atoms with E-state index in [9.17, 15) is 22.4 Å². The van der Waals surface area contributed by atoms with E-state index in [-0.39, 0.29) is 12.2 Å². The number of hydrogen-bond donors (Lipinski definition) is 1. The number of hydrogen-bond acceptors (Lipinski definition) is 5. The van der Waals surface area contributed by atoms with Gasteiger partial charge in [0.25, 0.3) is 5.91 Å². The van der Waals surface area contributed by atoms with Crippen molar-refractivity contribution in [3.05, 3.63) is 89.5 Å². The van der Waals surface area contributed by atoms with Gasteiger partial charge in [0.15, 0.2) is 11.4 Å². The van der Waals surface area contributed by atoms with Crippen LogP contribution in [0, 0.1) is 5.82 Å². The van der Waals surface area contributed by atoms with Crippen LogP contribution in [0.25, 0.3) is 5.69 Å². The third-order valence-corrected chi connectivity index (χ3v) is 4.58. The molecule has 2 heterocycles. The van der Waals surface area contributed by atoms with Crippen molar-refractivity contribution in [1.29, 1.82) is 0 Å². The Bertz CT molecular complexity index is 1220. The summed E-state index contributed by atoms with van der Waals surface area (Å²) in [5.74, 6) is -1.66.